The Morgan fingerprint density at radius 1 is 1.11 bits per heavy atom. The summed E-state index contributed by atoms with van der Waals surface area (Å²) in [6, 6.07) is 13.5. The van der Waals surface area contributed by atoms with Gasteiger partial charge in [0.2, 0.25) is 0 Å². The highest BCUT2D eigenvalue weighted by Crippen LogP contribution is 2.09. The van der Waals surface area contributed by atoms with Crippen LogP contribution in [0.5, 0.6) is 0 Å². The zero-order chi connectivity index (χ0) is 13.7. The monoisotopic (exact) mass is 321 g/mol. The zero-order valence-corrected chi connectivity index (χ0v) is 11.8. The molecule has 0 saturated heterocycles. The SMILES string of the molecule is O=C(NCc1cccc(CBr)c1)c1ccc(F)cc1. The minimum atomic E-state index is -0.346. The summed E-state index contributed by atoms with van der Waals surface area (Å²) < 4.78 is 12.7. The largest absolute Gasteiger partial charge is 0.348 e. The molecule has 4 heteroatoms. The summed E-state index contributed by atoms with van der Waals surface area (Å²) >= 11 is 3.39. The second-order valence-corrected chi connectivity index (χ2v) is 4.70. The van der Waals surface area contributed by atoms with Crippen LogP contribution in [0.25, 0.3) is 0 Å². The van der Waals surface area contributed by atoms with E-state index in [0.717, 1.165) is 16.5 Å². The van der Waals surface area contributed by atoms with E-state index in [1.807, 2.05) is 24.3 Å². The van der Waals surface area contributed by atoms with Crippen molar-refractivity contribution in [3.63, 3.8) is 0 Å². The first-order valence-electron chi connectivity index (χ1n) is 5.86. The van der Waals surface area contributed by atoms with Crippen molar-refractivity contribution in [2.45, 2.75) is 11.9 Å². The van der Waals surface area contributed by atoms with Crippen LogP contribution in [0.15, 0.2) is 48.5 Å². The number of amides is 1. The Morgan fingerprint density at radius 2 is 1.79 bits per heavy atom. The van der Waals surface area contributed by atoms with E-state index in [1.54, 1.807) is 0 Å². The summed E-state index contributed by atoms with van der Waals surface area (Å²) in [6.45, 7) is 0.455. The zero-order valence-electron chi connectivity index (χ0n) is 10.2. The van der Waals surface area contributed by atoms with Crippen LogP contribution in [0, 0.1) is 5.82 Å². The summed E-state index contributed by atoms with van der Waals surface area (Å²) in [5.74, 6) is -0.550. The molecular formula is C15H13BrFNO. The van der Waals surface area contributed by atoms with E-state index >= 15 is 0 Å². The first-order valence-corrected chi connectivity index (χ1v) is 6.99. The Hall–Kier alpha value is -1.68. The lowest BCUT2D eigenvalue weighted by molar-refractivity contribution is 0.0951. The molecule has 0 aliphatic carbocycles. The number of alkyl halides is 1. The van der Waals surface area contributed by atoms with Gasteiger partial charge in [-0.15, -0.1) is 0 Å². The second kappa shape index (κ2) is 6.48. The summed E-state index contributed by atoms with van der Waals surface area (Å²) in [7, 11) is 0. The first-order chi connectivity index (χ1) is 9.19. The third-order valence-corrected chi connectivity index (χ3v) is 3.35. The molecular weight excluding hydrogens is 309 g/mol. The molecule has 2 nitrogen and oxygen atoms in total. The van der Waals surface area contributed by atoms with E-state index < -0.39 is 0 Å². The van der Waals surface area contributed by atoms with Crippen LogP contribution in [0.4, 0.5) is 4.39 Å². The van der Waals surface area contributed by atoms with Crippen molar-refractivity contribution in [2.24, 2.45) is 0 Å². The van der Waals surface area contributed by atoms with E-state index in [1.165, 1.54) is 24.3 Å². The number of nitrogens with one attached hydrogen (secondary N) is 1. The van der Waals surface area contributed by atoms with E-state index in [2.05, 4.69) is 21.2 Å². The van der Waals surface area contributed by atoms with Gasteiger partial charge in [0.1, 0.15) is 5.82 Å². The molecule has 0 aromatic heterocycles. The molecule has 1 N–H and O–H groups in total. The summed E-state index contributed by atoms with van der Waals surface area (Å²) in [6.07, 6.45) is 0. The molecule has 0 aliphatic heterocycles. The predicted molar refractivity (Wildman–Crippen MR) is 76.6 cm³/mol. The van der Waals surface area contributed by atoms with Gasteiger partial charge >= 0.3 is 0 Å². The lowest BCUT2D eigenvalue weighted by Crippen LogP contribution is -2.22. The predicted octanol–water partition coefficient (Wildman–Crippen LogP) is 3.65. The quantitative estimate of drug-likeness (QED) is 0.856. The van der Waals surface area contributed by atoms with Gasteiger partial charge in [-0.1, -0.05) is 40.2 Å². The fourth-order valence-corrected chi connectivity index (χ4v) is 2.06. The molecule has 2 rings (SSSR count). The van der Waals surface area contributed by atoms with E-state index in [-0.39, 0.29) is 11.7 Å². The lowest BCUT2D eigenvalue weighted by Gasteiger charge is -2.06. The highest BCUT2D eigenvalue weighted by Gasteiger charge is 2.05. The fourth-order valence-electron chi connectivity index (χ4n) is 1.71. The summed E-state index contributed by atoms with van der Waals surface area (Å²) in [5.41, 5.74) is 2.65. The third-order valence-electron chi connectivity index (χ3n) is 2.71. The number of hydrogen-bond donors (Lipinski definition) is 1. The van der Waals surface area contributed by atoms with Crippen LogP contribution in [-0.4, -0.2) is 5.91 Å². The normalized spacial score (nSPS) is 10.2. The van der Waals surface area contributed by atoms with Crippen LogP contribution in [0.1, 0.15) is 21.5 Å². The van der Waals surface area contributed by atoms with Crippen LogP contribution < -0.4 is 5.32 Å². The third kappa shape index (κ3) is 3.89. The maximum absolute atomic E-state index is 12.7. The highest BCUT2D eigenvalue weighted by molar-refractivity contribution is 9.08. The smallest absolute Gasteiger partial charge is 0.251 e. The number of carbonyl (C=O) groups is 1. The topological polar surface area (TPSA) is 29.1 Å². The Morgan fingerprint density at radius 3 is 2.47 bits per heavy atom. The second-order valence-electron chi connectivity index (χ2n) is 4.14. The van der Waals surface area contributed by atoms with E-state index in [4.69, 9.17) is 0 Å². The molecule has 2 aromatic rings. The van der Waals surface area contributed by atoms with Crippen LogP contribution in [0.3, 0.4) is 0 Å². The Labute approximate surface area is 119 Å². The minimum absolute atomic E-state index is 0.204. The van der Waals surface area contributed by atoms with Crippen molar-refractivity contribution >= 4 is 21.8 Å². The van der Waals surface area contributed by atoms with Gasteiger partial charge in [0.15, 0.2) is 0 Å². The molecule has 0 saturated carbocycles. The highest BCUT2D eigenvalue weighted by atomic mass is 79.9. The van der Waals surface area contributed by atoms with E-state index in [9.17, 15) is 9.18 Å². The van der Waals surface area contributed by atoms with Gasteiger partial charge in [-0.2, -0.15) is 0 Å². The van der Waals surface area contributed by atoms with Crippen LogP contribution in [-0.2, 0) is 11.9 Å². The van der Waals surface area contributed by atoms with Gasteiger partial charge in [-0.25, -0.2) is 4.39 Å². The van der Waals surface area contributed by atoms with Crippen molar-refractivity contribution in [2.75, 3.05) is 0 Å². The van der Waals surface area contributed by atoms with Gasteiger partial charge in [0.25, 0.3) is 5.91 Å². The molecule has 0 radical (unpaired) electrons. The maximum Gasteiger partial charge on any atom is 0.251 e. The lowest BCUT2D eigenvalue weighted by atomic mass is 10.1. The first kappa shape index (κ1) is 13.7. The van der Waals surface area contributed by atoms with Crippen molar-refractivity contribution in [3.8, 4) is 0 Å². The van der Waals surface area contributed by atoms with Gasteiger partial charge in [-0.3, -0.25) is 4.79 Å². The van der Waals surface area contributed by atoms with Gasteiger partial charge in [0, 0.05) is 17.4 Å². The number of carbonyl (C=O) groups excluding carboxylic acids is 1. The van der Waals surface area contributed by atoms with Crippen molar-refractivity contribution in [1.82, 2.24) is 5.32 Å². The number of benzene rings is 2. The Bertz CT molecular complexity index is 569. The molecule has 0 bridgehead atoms. The molecule has 2 aromatic carbocycles. The standard InChI is InChI=1S/C15H13BrFNO/c16-9-11-2-1-3-12(8-11)10-18-15(19)13-4-6-14(17)7-5-13/h1-8H,9-10H2,(H,18,19). The van der Waals surface area contributed by atoms with Crippen molar-refractivity contribution in [3.05, 3.63) is 71.0 Å². The van der Waals surface area contributed by atoms with E-state index in [0.29, 0.717) is 12.1 Å². The average molecular weight is 322 g/mol. The van der Waals surface area contributed by atoms with Crippen LogP contribution in [0.2, 0.25) is 0 Å². The Kier molecular flexibility index (Phi) is 4.68. The minimum Gasteiger partial charge on any atom is -0.348 e. The number of rotatable bonds is 4. The number of hydrogen-bond acceptors (Lipinski definition) is 1. The molecule has 0 fully saturated rings. The van der Waals surface area contributed by atoms with Gasteiger partial charge < -0.3 is 5.32 Å². The van der Waals surface area contributed by atoms with Crippen molar-refractivity contribution < 1.29 is 9.18 Å². The molecule has 0 atom stereocenters. The number of halogens is 2. The van der Waals surface area contributed by atoms with Gasteiger partial charge in [-0.05, 0) is 35.4 Å². The van der Waals surface area contributed by atoms with Gasteiger partial charge in [0.05, 0.1) is 0 Å². The summed E-state index contributed by atoms with van der Waals surface area (Å²) in [4.78, 5) is 11.8. The fraction of sp³-hybridized carbons (Fsp3) is 0.133. The molecule has 0 aliphatic rings. The average Bonchev–Trinajstić information content (AvgIpc) is 2.46. The maximum atomic E-state index is 12.7. The molecule has 0 spiro atoms. The Balaban J connectivity index is 1.98. The van der Waals surface area contributed by atoms with Crippen molar-refractivity contribution in [1.29, 1.82) is 0 Å². The summed E-state index contributed by atoms with van der Waals surface area (Å²) in [5, 5.41) is 3.59. The molecule has 19 heavy (non-hydrogen) atoms. The van der Waals surface area contributed by atoms with Crippen LogP contribution >= 0.6 is 15.9 Å². The molecule has 1 amide bonds. The molecule has 0 heterocycles. The molecule has 0 unspecified atom stereocenters. The molecule has 98 valence electrons.